The van der Waals surface area contributed by atoms with Gasteiger partial charge in [-0.3, -0.25) is 0 Å². The molecule has 0 aliphatic heterocycles. The first-order valence-corrected chi connectivity index (χ1v) is 8.99. The van der Waals surface area contributed by atoms with E-state index >= 15 is 0 Å². The number of hydrogen-bond donors (Lipinski definition) is 2. The molecule has 28 heavy (non-hydrogen) atoms. The van der Waals surface area contributed by atoms with Crippen molar-refractivity contribution < 1.29 is 9.53 Å². The van der Waals surface area contributed by atoms with Gasteiger partial charge in [0.2, 0.25) is 0 Å². The predicted octanol–water partition coefficient (Wildman–Crippen LogP) is 4.52. The van der Waals surface area contributed by atoms with Crippen LogP contribution in [0.25, 0.3) is 22.2 Å². The number of hydrogen-bond acceptors (Lipinski definition) is 3. The van der Waals surface area contributed by atoms with E-state index in [9.17, 15) is 10.1 Å². The Labute approximate surface area is 164 Å². The number of carbonyl (C=O) groups excluding carboxylic acids is 1. The maximum atomic E-state index is 11.8. The van der Waals surface area contributed by atoms with Crippen molar-refractivity contribution in [3.05, 3.63) is 60.7 Å². The third kappa shape index (κ3) is 3.55. The largest absolute Gasteiger partial charge is 0.497 e. The third-order valence-electron chi connectivity index (χ3n) is 4.52. The maximum Gasteiger partial charge on any atom is 0.319 e. The van der Waals surface area contributed by atoms with Crippen LogP contribution in [0.3, 0.4) is 0 Å². The molecule has 1 heterocycles. The van der Waals surface area contributed by atoms with Crippen molar-refractivity contribution in [2.24, 2.45) is 0 Å². The Hall–Kier alpha value is -3.72. The van der Waals surface area contributed by atoms with Crippen LogP contribution in [0.15, 0.2) is 55.1 Å². The minimum atomic E-state index is -0.292. The second kappa shape index (κ2) is 8.31. The number of fused-ring (bicyclic) bond motifs is 1. The first kappa shape index (κ1) is 19.1. The average Bonchev–Trinajstić information content (AvgIpc) is 3.05. The first-order valence-electron chi connectivity index (χ1n) is 8.99. The molecule has 0 fully saturated rings. The molecule has 0 radical (unpaired) electrons. The van der Waals surface area contributed by atoms with Crippen LogP contribution in [0, 0.1) is 11.3 Å². The number of nitriles is 1. The minimum Gasteiger partial charge on any atom is -0.497 e. The lowest BCUT2D eigenvalue weighted by Crippen LogP contribution is -2.28. The molecule has 0 aliphatic rings. The van der Waals surface area contributed by atoms with Crippen molar-refractivity contribution in [2.75, 3.05) is 19.0 Å². The van der Waals surface area contributed by atoms with Gasteiger partial charge in [0.05, 0.1) is 23.9 Å². The monoisotopic (exact) mass is 374 g/mol. The average molecular weight is 374 g/mol. The molecular formula is C22H22N4O2. The highest BCUT2D eigenvalue weighted by Gasteiger charge is 2.18. The molecule has 2 amide bonds. The Balaban J connectivity index is 2.02. The number of urea groups is 1. The number of rotatable bonds is 6. The van der Waals surface area contributed by atoms with Gasteiger partial charge in [0, 0.05) is 24.2 Å². The molecule has 0 bridgehead atoms. The van der Waals surface area contributed by atoms with E-state index in [0.29, 0.717) is 23.5 Å². The maximum absolute atomic E-state index is 11.8. The van der Waals surface area contributed by atoms with Crippen molar-refractivity contribution in [1.29, 1.82) is 5.26 Å². The molecular weight excluding hydrogens is 352 g/mol. The molecule has 0 spiro atoms. The normalized spacial score (nSPS) is 10.3. The van der Waals surface area contributed by atoms with Crippen molar-refractivity contribution in [2.45, 2.75) is 13.5 Å². The summed E-state index contributed by atoms with van der Waals surface area (Å²) in [6, 6.07) is 15.3. The first-order chi connectivity index (χ1) is 13.6. The number of anilines is 1. The Morgan fingerprint density at radius 3 is 2.64 bits per heavy atom. The summed E-state index contributed by atoms with van der Waals surface area (Å²) in [4.78, 5) is 11.8. The van der Waals surface area contributed by atoms with Crippen LogP contribution in [-0.4, -0.2) is 24.3 Å². The summed E-state index contributed by atoms with van der Waals surface area (Å²) >= 11 is 0. The fourth-order valence-electron chi connectivity index (χ4n) is 3.25. The van der Waals surface area contributed by atoms with Gasteiger partial charge in [-0.05, 0) is 42.8 Å². The minimum absolute atomic E-state index is 0.292. The van der Waals surface area contributed by atoms with Gasteiger partial charge < -0.3 is 19.9 Å². The number of amides is 2. The van der Waals surface area contributed by atoms with Gasteiger partial charge in [-0.15, -0.1) is 6.58 Å². The lowest BCUT2D eigenvalue weighted by Gasteiger charge is -2.10. The van der Waals surface area contributed by atoms with Crippen LogP contribution in [0.4, 0.5) is 10.5 Å². The molecule has 0 aliphatic carbocycles. The number of methoxy groups -OCH3 is 1. The number of ether oxygens (including phenoxy) is 1. The number of aryl methyl sites for hydroxylation is 1. The van der Waals surface area contributed by atoms with E-state index in [1.54, 1.807) is 13.2 Å². The van der Waals surface area contributed by atoms with Gasteiger partial charge in [0.1, 0.15) is 11.8 Å². The second-order valence-electron chi connectivity index (χ2n) is 6.16. The van der Waals surface area contributed by atoms with E-state index in [4.69, 9.17) is 4.74 Å². The van der Waals surface area contributed by atoms with Crippen molar-refractivity contribution in [3.8, 4) is 23.1 Å². The fraction of sp³-hybridized carbons (Fsp3) is 0.182. The molecule has 6 nitrogen and oxygen atoms in total. The van der Waals surface area contributed by atoms with Crippen molar-refractivity contribution >= 4 is 22.6 Å². The van der Waals surface area contributed by atoms with E-state index in [1.165, 1.54) is 0 Å². The molecule has 6 heteroatoms. The van der Waals surface area contributed by atoms with Crippen LogP contribution < -0.4 is 15.4 Å². The van der Waals surface area contributed by atoms with Gasteiger partial charge in [-0.1, -0.05) is 18.2 Å². The summed E-state index contributed by atoms with van der Waals surface area (Å²) in [6.07, 6.45) is 1.62. The van der Waals surface area contributed by atoms with Crippen molar-refractivity contribution in [3.63, 3.8) is 0 Å². The Kier molecular flexibility index (Phi) is 5.66. The highest BCUT2D eigenvalue weighted by molar-refractivity contribution is 5.96. The van der Waals surface area contributed by atoms with E-state index in [1.807, 2.05) is 49.4 Å². The van der Waals surface area contributed by atoms with Crippen LogP contribution in [0.2, 0.25) is 0 Å². The molecule has 0 unspecified atom stereocenters. The molecule has 0 atom stereocenters. The van der Waals surface area contributed by atoms with Crippen LogP contribution in [0.5, 0.6) is 5.75 Å². The van der Waals surface area contributed by atoms with Gasteiger partial charge >= 0.3 is 6.03 Å². The van der Waals surface area contributed by atoms with E-state index in [-0.39, 0.29) is 6.03 Å². The van der Waals surface area contributed by atoms with E-state index in [2.05, 4.69) is 27.8 Å². The summed E-state index contributed by atoms with van der Waals surface area (Å²) in [7, 11) is 1.61. The number of benzene rings is 2. The number of nitrogens with zero attached hydrogens (tertiary/aromatic N) is 2. The SMILES string of the molecule is C=CCNC(=O)Nc1ccc(-c2c(C#N)c3cc(OC)ccc3n2CC)cc1. The molecule has 142 valence electrons. The Morgan fingerprint density at radius 1 is 1.29 bits per heavy atom. The quantitative estimate of drug-likeness (QED) is 0.623. The number of nitrogens with one attached hydrogen (secondary N) is 2. The number of aromatic nitrogens is 1. The predicted molar refractivity (Wildman–Crippen MR) is 112 cm³/mol. The fourth-order valence-corrected chi connectivity index (χ4v) is 3.25. The Morgan fingerprint density at radius 2 is 2.04 bits per heavy atom. The number of carbonyl (C=O) groups is 1. The molecule has 2 N–H and O–H groups in total. The highest BCUT2D eigenvalue weighted by Crippen LogP contribution is 2.35. The summed E-state index contributed by atoms with van der Waals surface area (Å²) < 4.78 is 7.44. The van der Waals surface area contributed by atoms with Crippen LogP contribution in [-0.2, 0) is 6.54 Å². The van der Waals surface area contributed by atoms with Gasteiger partial charge in [-0.2, -0.15) is 5.26 Å². The van der Waals surface area contributed by atoms with Gasteiger partial charge in [-0.25, -0.2) is 4.79 Å². The lowest BCUT2D eigenvalue weighted by molar-refractivity contribution is 0.253. The summed E-state index contributed by atoms with van der Waals surface area (Å²) in [5, 5.41) is 16.1. The molecule has 2 aromatic carbocycles. The van der Waals surface area contributed by atoms with E-state index in [0.717, 1.165) is 28.7 Å². The lowest BCUT2D eigenvalue weighted by atomic mass is 10.1. The van der Waals surface area contributed by atoms with E-state index < -0.39 is 0 Å². The molecule has 0 saturated carbocycles. The van der Waals surface area contributed by atoms with Gasteiger partial charge in [0.15, 0.2) is 0 Å². The summed E-state index contributed by atoms with van der Waals surface area (Å²) in [5.41, 5.74) is 4.03. The van der Waals surface area contributed by atoms with Crippen LogP contribution >= 0.6 is 0 Å². The topological polar surface area (TPSA) is 79.1 Å². The standard InChI is InChI=1S/C22H22N4O2/c1-4-12-24-22(27)25-16-8-6-15(7-9-16)21-19(14-23)18-13-17(28-3)10-11-20(18)26(21)5-2/h4,6-11,13H,1,5,12H2,2-3H3,(H2,24,25,27). The molecule has 3 aromatic rings. The third-order valence-corrected chi connectivity index (χ3v) is 4.52. The Bertz CT molecular complexity index is 1060. The molecule has 3 rings (SSSR count). The van der Waals surface area contributed by atoms with Crippen LogP contribution in [0.1, 0.15) is 12.5 Å². The smallest absolute Gasteiger partial charge is 0.319 e. The second-order valence-corrected chi connectivity index (χ2v) is 6.16. The zero-order valence-electron chi connectivity index (χ0n) is 16.0. The van der Waals surface area contributed by atoms with Gasteiger partial charge in [0.25, 0.3) is 0 Å². The summed E-state index contributed by atoms with van der Waals surface area (Å²) in [6.45, 7) is 6.74. The zero-order valence-corrected chi connectivity index (χ0v) is 16.0. The highest BCUT2D eigenvalue weighted by atomic mass is 16.5. The summed E-state index contributed by atoms with van der Waals surface area (Å²) in [5.74, 6) is 0.717. The van der Waals surface area contributed by atoms with Crippen molar-refractivity contribution in [1.82, 2.24) is 9.88 Å². The zero-order chi connectivity index (χ0) is 20.1. The molecule has 0 saturated heterocycles. The molecule has 1 aromatic heterocycles.